The first kappa shape index (κ1) is 28.1. The molecule has 0 fully saturated rings. The van der Waals surface area contributed by atoms with Gasteiger partial charge in [-0.1, -0.05) is 31.9 Å². The van der Waals surface area contributed by atoms with Crippen LogP contribution in [0.25, 0.3) is 0 Å². The van der Waals surface area contributed by atoms with Crippen molar-refractivity contribution in [2.24, 2.45) is 0 Å². The Morgan fingerprint density at radius 3 is 1.29 bits per heavy atom. The standard InChI is InChI=1S/C20H18Br4N4O6/c21-11-1-3-15(13(23)7-11)33-9-19(31)27-25-17(29)5-6-18(30)26-28-20(32)10-34-16-4-2-12(22)8-14(16)24/h1-4,7-8H,5-6,9-10H2,(H,25,29)(H,26,30)(H,27,31)(H,28,32). The Kier molecular flexibility index (Phi) is 11.8. The Hall–Kier alpha value is -2.16. The molecule has 10 nitrogen and oxygen atoms in total. The topological polar surface area (TPSA) is 135 Å². The van der Waals surface area contributed by atoms with Crippen LogP contribution in [-0.4, -0.2) is 36.8 Å². The molecule has 0 spiro atoms. The molecule has 0 heterocycles. The SMILES string of the molecule is O=C(CCC(=O)NNC(=O)COc1ccc(Br)cc1Br)NNC(=O)COc1ccc(Br)cc1Br. The lowest BCUT2D eigenvalue weighted by atomic mass is 10.3. The molecule has 2 aromatic rings. The molecule has 0 aliphatic rings. The molecule has 0 radical (unpaired) electrons. The summed E-state index contributed by atoms with van der Waals surface area (Å²) in [4.78, 5) is 47.2. The molecule has 0 aliphatic carbocycles. The fourth-order valence-corrected chi connectivity index (χ4v) is 4.50. The Balaban J connectivity index is 1.58. The maximum absolute atomic E-state index is 11.8. The molecule has 0 aromatic heterocycles. The van der Waals surface area contributed by atoms with Crippen molar-refractivity contribution in [3.63, 3.8) is 0 Å². The van der Waals surface area contributed by atoms with Crippen LogP contribution < -0.4 is 31.2 Å². The first-order valence-electron chi connectivity index (χ1n) is 9.45. The van der Waals surface area contributed by atoms with E-state index in [1.54, 1.807) is 36.4 Å². The average molecular weight is 730 g/mol. The van der Waals surface area contributed by atoms with E-state index < -0.39 is 23.6 Å². The van der Waals surface area contributed by atoms with Crippen molar-refractivity contribution in [2.45, 2.75) is 12.8 Å². The Morgan fingerprint density at radius 1 is 0.588 bits per heavy atom. The van der Waals surface area contributed by atoms with Gasteiger partial charge in [-0.2, -0.15) is 0 Å². The summed E-state index contributed by atoms with van der Waals surface area (Å²) >= 11 is 13.2. The Labute approximate surface area is 228 Å². The molecule has 34 heavy (non-hydrogen) atoms. The van der Waals surface area contributed by atoms with Crippen molar-refractivity contribution >= 4 is 87.3 Å². The number of carbonyl (C=O) groups excluding carboxylic acids is 4. The number of amides is 4. The third kappa shape index (κ3) is 10.4. The van der Waals surface area contributed by atoms with Crippen LogP contribution in [-0.2, 0) is 19.2 Å². The van der Waals surface area contributed by atoms with Crippen LogP contribution in [0, 0.1) is 0 Å². The number of carbonyl (C=O) groups is 4. The fraction of sp³-hybridized carbons (Fsp3) is 0.200. The summed E-state index contributed by atoms with van der Waals surface area (Å²) in [6.07, 6.45) is -0.438. The molecular formula is C20H18Br4N4O6. The van der Waals surface area contributed by atoms with Gasteiger partial charge in [-0.3, -0.25) is 40.9 Å². The molecule has 14 heteroatoms. The molecule has 2 rings (SSSR count). The van der Waals surface area contributed by atoms with Gasteiger partial charge < -0.3 is 9.47 Å². The van der Waals surface area contributed by atoms with E-state index in [-0.39, 0.29) is 26.1 Å². The van der Waals surface area contributed by atoms with Gasteiger partial charge in [0.05, 0.1) is 8.95 Å². The van der Waals surface area contributed by atoms with Gasteiger partial charge >= 0.3 is 0 Å². The van der Waals surface area contributed by atoms with Gasteiger partial charge in [-0.25, -0.2) is 0 Å². The number of halogens is 4. The maximum atomic E-state index is 11.8. The second-order valence-corrected chi connectivity index (χ2v) is 9.96. The summed E-state index contributed by atoms with van der Waals surface area (Å²) in [7, 11) is 0. The molecule has 4 N–H and O–H groups in total. The van der Waals surface area contributed by atoms with Crippen molar-refractivity contribution in [2.75, 3.05) is 13.2 Å². The molecule has 0 saturated heterocycles. The van der Waals surface area contributed by atoms with E-state index >= 15 is 0 Å². The number of rotatable bonds is 9. The van der Waals surface area contributed by atoms with Crippen LogP contribution in [0.3, 0.4) is 0 Å². The first-order valence-corrected chi connectivity index (χ1v) is 12.6. The van der Waals surface area contributed by atoms with Crippen molar-refractivity contribution in [3.8, 4) is 11.5 Å². The molecule has 2 aromatic carbocycles. The zero-order chi connectivity index (χ0) is 25.1. The van der Waals surface area contributed by atoms with Gasteiger partial charge in [0.2, 0.25) is 11.8 Å². The summed E-state index contributed by atoms with van der Waals surface area (Å²) in [5.74, 6) is -1.45. The fourth-order valence-electron chi connectivity index (χ4n) is 2.17. The predicted octanol–water partition coefficient (Wildman–Crippen LogP) is 3.27. The van der Waals surface area contributed by atoms with Gasteiger partial charge in [0, 0.05) is 21.8 Å². The number of nitrogens with one attached hydrogen (secondary N) is 4. The summed E-state index contributed by atoms with van der Waals surface area (Å²) in [5, 5.41) is 0. The average Bonchev–Trinajstić information content (AvgIpc) is 2.78. The summed E-state index contributed by atoms with van der Waals surface area (Å²) < 4.78 is 13.7. The lowest BCUT2D eigenvalue weighted by Crippen LogP contribution is -2.45. The normalized spacial score (nSPS) is 10.1. The molecule has 0 aliphatic heterocycles. The zero-order valence-corrected chi connectivity index (χ0v) is 23.6. The number of hydrazine groups is 2. The van der Waals surface area contributed by atoms with Gasteiger partial charge in [0.25, 0.3) is 11.8 Å². The Morgan fingerprint density at radius 2 is 0.941 bits per heavy atom. The van der Waals surface area contributed by atoms with E-state index in [2.05, 4.69) is 85.4 Å². The predicted molar refractivity (Wildman–Crippen MR) is 136 cm³/mol. The highest BCUT2D eigenvalue weighted by Crippen LogP contribution is 2.28. The monoisotopic (exact) mass is 726 g/mol. The van der Waals surface area contributed by atoms with Gasteiger partial charge in [0.1, 0.15) is 11.5 Å². The highest BCUT2D eigenvalue weighted by Gasteiger charge is 2.11. The number of hydrogen-bond donors (Lipinski definition) is 4. The molecular weight excluding hydrogens is 712 g/mol. The minimum Gasteiger partial charge on any atom is -0.483 e. The second kappa shape index (κ2) is 14.3. The molecule has 0 atom stereocenters. The third-order valence-corrected chi connectivity index (χ3v) is 5.99. The van der Waals surface area contributed by atoms with Gasteiger partial charge in [-0.05, 0) is 68.3 Å². The highest BCUT2D eigenvalue weighted by atomic mass is 79.9. The van der Waals surface area contributed by atoms with E-state index in [9.17, 15) is 19.2 Å². The highest BCUT2D eigenvalue weighted by molar-refractivity contribution is 9.11. The van der Waals surface area contributed by atoms with Crippen LogP contribution in [0.4, 0.5) is 0 Å². The van der Waals surface area contributed by atoms with Crippen molar-refractivity contribution in [1.82, 2.24) is 21.7 Å². The van der Waals surface area contributed by atoms with Gasteiger partial charge in [0.15, 0.2) is 13.2 Å². The maximum Gasteiger partial charge on any atom is 0.276 e. The molecule has 182 valence electrons. The quantitative estimate of drug-likeness (QED) is 0.293. The van der Waals surface area contributed by atoms with Gasteiger partial charge in [-0.15, -0.1) is 0 Å². The van der Waals surface area contributed by atoms with Crippen molar-refractivity contribution in [3.05, 3.63) is 54.3 Å². The Bertz CT molecular complexity index is 986. The summed E-state index contributed by atoms with van der Waals surface area (Å²) in [6, 6.07) is 10.4. The zero-order valence-electron chi connectivity index (χ0n) is 17.3. The van der Waals surface area contributed by atoms with E-state index in [0.717, 1.165) is 8.95 Å². The molecule has 4 amide bonds. The number of hydrogen-bond acceptors (Lipinski definition) is 6. The van der Waals surface area contributed by atoms with E-state index in [4.69, 9.17) is 9.47 Å². The number of ether oxygens (including phenoxy) is 2. The van der Waals surface area contributed by atoms with Crippen LogP contribution >= 0.6 is 63.7 Å². The summed E-state index contributed by atoms with van der Waals surface area (Å²) in [6.45, 7) is -0.655. The van der Waals surface area contributed by atoms with Crippen LogP contribution in [0.1, 0.15) is 12.8 Å². The molecule has 0 bridgehead atoms. The largest absolute Gasteiger partial charge is 0.483 e. The second-order valence-electron chi connectivity index (χ2n) is 6.42. The van der Waals surface area contributed by atoms with Crippen LogP contribution in [0.5, 0.6) is 11.5 Å². The van der Waals surface area contributed by atoms with Crippen molar-refractivity contribution in [1.29, 1.82) is 0 Å². The van der Waals surface area contributed by atoms with E-state index in [1.165, 1.54) is 0 Å². The molecule has 0 saturated carbocycles. The minimum atomic E-state index is -0.594. The molecule has 0 unspecified atom stereocenters. The van der Waals surface area contributed by atoms with E-state index in [0.29, 0.717) is 20.4 Å². The van der Waals surface area contributed by atoms with Crippen LogP contribution in [0.2, 0.25) is 0 Å². The minimum absolute atomic E-state index is 0.219. The lowest BCUT2D eigenvalue weighted by molar-refractivity contribution is -0.132. The van der Waals surface area contributed by atoms with Crippen molar-refractivity contribution < 1.29 is 28.7 Å². The van der Waals surface area contributed by atoms with Crippen LogP contribution in [0.15, 0.2) is 54.3 Å². The smallest absolute Gasteiger partial charge is 0.276 e. The first-order chi connectivity index (χ1) is 16.1. The van der Waals surface area contributed by atoms with E-state index in [1.807, 2.05) is 0 Å². The third-order valence-electron chi connectivity index (χ3n) is 3.77. The number of benzene rings is 2. The lowest BCUT2D eigenvalue weighted by Gasteiger charge is -2.11. The summed E-state index contributed by atoms with van der Waals surface area (Å²) in [5.41, 5.74) is 8.72.